The smallest absolute Gasteiger partial charge is 0.298 e. The third-order valence-electron chi connectivity index (χ3n) is 4.34. The molecule has 0 radical (unpaired) electrons. The topological polar surface area (TPSA) is 31.6 Å². The van der Waals surface area contributed by atoms with E-state index in [-0.39, 0.29) is 5.88 Å². The minimum atomic E-state index is 0.0255. The minimum Gasteiger partial charge on any atom is -0.839 e. The van der Waals surface area contributed by atoms with Crippen LogP contribution in [0.3, 0.4) is 0 Å². The SMILES string of the molecule is [O-]c1c2c3ccccc3ccn2c2c3ccccc3cc[n+]12. The minimum absolute atomic E-state index is 0.0255. The molecule has 0 unspecified atom stereocenters. The lowest BCUT2D eigenvalue weighted by Crippen LogP contribution is -2.23. The highest BCUT2D eigenvalue weighted by Gasteiger charge is 2.18. The molecule has 3 aromatic heterocycles. The lowest BCUT2D eigenvalue weighted by atomic mass is 10.1. The van der Waals surface area contributed by atoms with Crippen molar-refractivity contribution in [2.75, 3.05) is 0 Å². The zero-order valence-electron chi connectivity index (χ0n) is 11.7. The second-order valence-corrected chi connectivity index (χ2v) is 5.52. The van der Waals surface area contributed by atoms with Gasteiger partial charge in [-0.15, -0.1) is 0 Å². The van der Waals surface area contributed by atoms with Gasteiger partial charge in [0.1, 0.15) is 5.88 Å². The Hall–Kier alpha value is -3.07. The molecule has 0 fully saturated rings. The number of nitrogens with zero attached hydrogens (tertiary/aromatic N) is 2. The van der Waals surface area contributed by atoms with Crippen LogP contribution >= 0.6 is 0 Å². The summed E-state index contributed by atoms with van der Waals surface area (Å²) in [6.45, 7) is 0. The third kappa shape index (κ3) is 1.33. The monoisotopic (exact) mass is 284 g/mol. The van der Waals surface area contributed by atoms with Gasteiger partial charge in [-0.05, 0) is 35.0 Å². The summed E-state index contributed by atoms with van der Waals surface area (Å²) in [6, 6.07) is 20.2. The van der Waals surface area contributed by atoms with Crippen LogP contribution in [0.4, 0.5) is 0 Å². The molecule has 2 aromatic carbocycles. The Bertz CT molecular complexity index is 1190. The van der Waals surface area contributed by atoms with E-state index in [2.05, 4.69) is 18.2 Å². The Balaban J connectivity index is 2.16. The summed E-state index contributed by atoms with van der Waals surface area (Å²) in [6.07, 6.45) is 3.85. The normalized spacial score (nSPS) is 11.8. The first-order valence-corrected chi connectivity index (χ1v) is 7.26. The molecule has 0 aliphatic heterocycles. The maximum atomic E-state index is 12.9. The number of fused-ring (bicyclic) bond motifs is 7. The fourth-order valence-corrected chi connectivity index (χ4v) is 3.34. The van der Waals surface area contributed by atoms with E-state index in [0.717, 1.165) is 32.7 Å². The summed E-state index contributed by atoms with van der Waals surface area (Å²) in [7, 11) is 0. The Morgan fingerprint density at radius 2 is 1.45 bits per heavy atom. The zero-order chi connectivity index (χ0) is 14.7. The van der Waals surface area contributed by atoms with Gasteiger partial charge in [0, 0.05) is 5.39 Å². The second-order valence-electron chi connectivity index (χ2n) is 5.52. The van der Waals surface area contributed by atoms with Crippen LogP contribution in [0.1, 0.15) is 0 Å². The predicted octanol–water partition coefficient (Wildman–Crippen LogP) is 3.06. The molecule has 0 aliphatic carbocycles. The van der Waals surface area contributed by atoms with E-state index >= 15 is 0 Å². The van der Waals surface area contributed by atoms with E-state index in [1.807, 2.05) is 59.3 Å². The van der Waals surface area contributed by atoms with Crippen molar-refractivity contribution in [1.82, 2.24) is 4.40 Å². The van der Waals surface area contributed by atoms with Crippen molar-refractivity contribution < 1.29 is 9.51 Å². The highest BCUT2D eigenvalue weighted by atomic mass is 16.3. The highest BCUT2D eigenvalue weighted by molar-refractivity contribution is 6.01. The van der Waals surface area contributed by atoms with Gasteiger partial charge < -0.3 is 5.11 Å². The van der Waals surface area contributed by atoms with Crippen molar-refractivity contribution in [3.8, 4) is 5.88 Å². The van der Waals surface area contributed by atoms with Gasteiger partial charge in [0.05, 0.1) is 17.8 Å². The Kier molecular flexibility index (Phi) is 2.09. The van der Waals surface area contributed by atoms with E-state index in [1.54, 1.807) is 4.40 Å². The maximum Gasteiger partial charge on any atom is 0.298 e. The molecular weight excluding hydrogens is 272 g/mol. The Morgan fingerprint density at radius 3 is 2.27 bits per heavy atom. The predicted molar refractivity (Wildman–Crippen MR) is 85.0 cm³/mol. The average Bonchev–Trinajstić information content (AvgIpc) is 2.88. The fourth-order valence-electron chi connectivity index (χ4n) is 3.34. The number of aromatic nitrogens is 2. The quantitative estimate of drug-likeness (QED) is 0.402. The molecule has 0 aliphatic rings. The first-order chi connectivity index (χ1) is 10.8. The van der Waals surface area contributed by atoms with Crippen LogP contribution in [0.5, 0.6) is 5.88 Å². The van der Waals surface area contributed by atoms with Crippen molar-refractivity contribution >= 4 is 32.7 Å². The summed E-state index contributed by atoms with van der Waals surface area (Å²) in [5.41, 5.74) is 1.65. The molecule has 0 atom stereocenters. The summed E-state index contributed by atoms with van der Waals surface area (Å²) in [4.78, 5) is 0. The Labute approximate surface area is 126 Å². The summed E-state index contributed by atoms with van der Waals surface area (Å²) >= 11 is 0. The van der Waals surface area contributed by atoms with Gasteiger partial charge >= 0.3 is 0 Å². The first-order valence-electron chi connectivity index (χ1n) is 7.26. The number of benzene rings is 2. The number of hydrogen-bond donors (Lipinski definition) is 0. The molecule has 0 amide bonds. The van der Waals surface area contributed by atoms with Gasteiger partial charge in [-0.25, -0.2) is 4.40 Å². The van der Waals surface area contributed by atoms with Crippen LogP contribution in [0.15, 0.2) is 73.1 Å². The summed E-state index contributed by atoms with van der Waals surface area (Å²) < 4.78 is 3.75. The molecule has 5 rings (SSSR count). The number of pyridine rings is 2. The first kappa shape index (κ1) is 11.6. The lowest BCUT2D eigenvalue weighted by Gasteiger charge is -2.00. The highest BCUT2D eigenvalue weighted by Crippen LogP contribution is 2.28. The van der Waals surface area contributed by atoms with Crippen LogP contribution in [0.2, 0.25) is 0 Å². The van der Waals surface area contributed by atoms with Crippen LogP contribution in [-0.2, 0) is 0 Å². The van der Waals surface area contributed by atoms with Gasteiger partial charge in [-0.1, -0.05) is 36.4 Å². The molecular formula is C19H12N2O. The average molecular weight is 284 g/mol. The van der Waals surface area contributed by atoms with Crippen molar-refractivity contribution in [1.29, 1.82) is 0 Å². The molecule has 104 valence electrons. The summed E-state index contributed by atoms with van der Waals surface area (Å²) in [5.74, 6) is 0.0255. The summed E-state index contributed by atoms with van der Waals surface area (Å²) in [5, 5.41) is 17.2. The van der Waals surface area contributed by atoms with Gasteiger partial charge in [-0.2, -0.15) is 4.40 Å². The van der Waals surface area contributed by atoms with Gasteiger partial charge in [0.15, 0.2) is 5.52 Å². The third-order valence-corrected chi connectivity index (χ3v) is 4.34. The van der Waals surface area contributed by atoms with E-state index in [1.165, 1.54) is 0 Å². The largest absolute Gasteiger partial charge is 0.839 e. The number of rotatable bonds is 0. The lowest BCUT2D eigenvalue weighted by molar-refractivity contribution is -0.580. The van der Waals surface area contributed by atoms with Crippen molar-refractivity contribution in [2.24, 2.45) is 0 Å². The van der Waals surface area contributed by atoms with E-state index in [0.29, 0.717) is 0 Å². The molecule has 0 spiro atoms. The van der Waals surface area contributed by atoms with Gasteiger partial charge in [0.25, 0.3) is 5.65 Å². The van der Waals surface area contributed by atoms with Crippen LogP contribution < -0.4 is 9.51 Å². The zero-order valence-corrected chi connectivity index (χ0v) is 11.7. The molecule has 0 saturated heterocycles. The maximum absolute atomic E-state index is 12.9. The molecule has 3 nitrogen and oxygen atoms in total. The van der Waals surface area contributed by atoms with Crippen molar-refractivity contribution in [3.05, 3.63) is 73.1 Å². The molecule has 22 heavy (non-hydrogen) atoms. The molecule has 0 N–H and O–H groups in total. The fraction of sp³-hybridized carbons (Fsp3) is 0. The molecule has 5 aromatic rings. The molecule has 0 saturated carbocycles. The molecule has 3 heterocycles. The van der Waals surface area contributed by atoms with Gasteiger partial charge in [-0.3, -0.25) is 0 Å². The molecule has 0 bridgehead atoms. The number of imidazole rings is 1. The van der Waals surface area contributed by atoms with Crippen LogP contribution in [-0.4, -0.2) is 4.40 Å². The second kappa shape index (κ2) is 3.98. The standard InChI is InChI=1S/C19H12N2O/c22-19-17-15-7-3-1-5-13(15)9-11-20(17)18-16-8-4-2-6-14(16)10-12-21(18)19/h1-12H. The van der Waals surface area contributed by atoms with Crippen molar-refractivity contribution in [2.45, 2.75) is 0 Å². The van der Waals surface area contributed by atoms with Crippen molar-refractivity contribution in [3.63, 3.8) is 0 Å². The van der Waals surface area contributed by atoms with E-state index in [4.69, 9.17) is 0 Å². The van der Waals surface area contributed by atoms with E-state index in [9.17, 15) is 5.11 Å². The van der Waals surface area contributed by atoms with E-state index < -0.39 is 0 Å². The van der Waals surface area contributed by atoms with Crippen LogP contribution in [0, 0.1) is 0 Å². The number of hydrogen-bond acceptors (Lipinski definition) is 1. The van der Waals surface area contributed by atoms with Crippen LogP contribution in [0.25, 0.3) is 32.7 Å². The Morgan fingerprint density at radius 1 is 0.773 bits per heavy atom. The molecule has 3 heteroatoms. The van der Waals surface area contributed by atoms with Gasteiger partial charge in [0.2, 0.25) is 0 Å².